The Balaban J connectivity index is 2.16. The van der Waals surface area contributed by atoms with Gasteiger partial charge in [-0.1, -0.05) is 50.3 Å². The quantitative estimate of drug-likeness (QED) is 0.839. The molecule has 0 aliphatic heterocycles. The number of hydrogen-bond donors (Lipinski definition) is 1. The summed E-state index contributed by atoms with van der Waals surface area (Å²) in [6, 6.07) is 8.78. The highest BCUT2D eigenvalue weighted by Gasteiger charge is 2.28. The Morgan fingerprint density at radius 3 is 2.56 bits per heavy atom. The molecule has 0 saturated heterocycles. The maximum absolute atomic E-state index is 5.55. The van der Waals surface area contributed by atoms with Crippen molar-refractivity contribution in [1.82, 2.24) is 0 Å². The van der Waals surface area contributed by atoms with E-state index in [1.165, 1.54) is 36.8 Å². The van der Waals surface area contributed by atoms with Crippen LogP contribution in [0.5, 0.6) is 0 Å². The first-order valence-corrected chi connectivity index (χ1v) is 7.08. The minimum Gasteiger partial charge on any atom is -0.327 e. The van der Waals surface area contributed by atoms with Gasteiger partial charge in [-0.25, -0.2) is 0 Å². The summed E-state index contributed by atoms with van der Waals surface area (Å²) in [6.07, 6.45) is 9.54. The highest BCUT2D eigenvalue weighted by Crippen LogP contribution is 2.43. The molecule has 1 nitrogen and oxygen atoms in total. The molecule has 1 aromatic rings. The Bertz CT molecular complexity index is 407. The fourth-order valence-electron chi connectivity index (χ4n) is 2.94. The van der Waals surface area contributed by atoms with Crippen molar-refractivity contribution in [3.63, 3.8) is 0 Å². The smallest absolute Gasteiger partial charge is 0.0110 e. The van der Waals surface area contributed by atoms with Crippen LogP contribution in [0.1, 0.15) is 56.6 Å². The van der Waals surface area contributed by atoms with E-state index in [1.54, 1.807) is 0 Å². The van der Waals surface area contributed by atoms with Crippen LogP contribution in [0.15, 0.2) is 30.3 Å². The maximum atomic E-state index is 5.55. The van der Waals surface area contributed by atoms with Crippen LogP contribution in [-0.4, -0.2) is 6.54 Å². The lowest BCUT2D eigenvalue weighted by molar-refractivity contribution is 0.224. The Labute approximate surface area is 111 Å². The van der Waals surface area contributed by atoms with E-state index in [9.17, 15) is 0 Å². The molecule has 0 spiro atoms. The lowest BCUT2D eigenvalue weighted by atomic mass is 9.70. The summed E-state index contributed by atoms with van der Waals surface area (Å²) in [5, 5.41) is 0. The van der Waals surface area contributed by atoms with Crippen LogP contribution in [0.25, 0.3) is 6.08 Å². The first-order valence-electron chi connectivity index (χ1n) is 7.08. The molecule has 1 fully saturated rings. The molecule has 0 atom stereocenters. The monoisotopic (exact) mass is 243 g/mol. The molecule has 2 rings (SSSR count). The first-order chi connectivity index (χ1) is 8.62. The van der Waals surface area contributed by atoms with Gasteiger partial charge in [-0.2, -0.15) is 0 Å². The summed E-state index contributed by atoms with van der Waals surface area (Å²) < 4.78 is 0. The van der Waals surface area contributed by atoms with Gasteiger partial charge in [-0.15, -0.1) is 0 Å². The highest BCUT2D eigenvalue weighted by molar-refractivity contribution is 5.55. The lowest BCUT2D eigenvalue weighted by Crippen LogP contribution is -2.20. The zero-order valence-corrected chi connectivity index (χ0v) is 11.7. The molecule has 1 aliphatic rings. The Kier molecular flexibility index (Phi) is 4.23. The second kappa shape index (κ2) is 5.71. The summed E-state index contributed by atoms with van der Waals surface area (Å²) in [7, 11) is 0. The standard InChI is InChI=1S/C17H25N/c1-17(2)11-9-15(10-12-17)16-8-4-3-6-14(16)7-5-13-18/h3-8,15H,9-13,18H2,1-2H3/b7-5+. The predicted octanol–water partition coefficient (Wildman–Crippen LogP) is 4.34. The Morgan fingerprint density at radius 2 is 1.89 bits per heavy atom. The summed E-state index contributed by atoms with van der Waals surface area (Å²) in [5.74, 6) is 0.733. The van der Waals surface area contributed by atoms with Gasteiger partial charge in [0.05, 0.1) is 0 Å². The zero-order chi connectivity index (χ0) is 13.0. The van der Waals surface area contributed by atoms with Crippen molar-refractivity contribution in [1.29, 1.82) is 0 Å². The van der Waals surface area contributed by atoms with E-state index in [0.29, 0.717) is 12.0 Å². The van der Waals surface area contributed by atoms with Gasteiger partial charge in [0.2, 0.25) is 0 Å². The molecule has 2 N–H and O–H groups in total. The zero-order valence-electron chi connectivity index (χ0n) is 11.7. The van der Waals surface area contributed by atoms with Crippen molar-refractivity contribution in [3.8, 4) is 0 Å². The molecule has 0 amide bonds. The lowest BCUT2D eigenvalue weighted by Gasteiger charge is -2.35. The first kappa shape index (κ1) is 13.4. The predicted molar refractivity (Wildman–Crippen MR) is 79.5 cm³/mol. The maximum Gasteiger partial charge on any atom is 0.0110 e. The molecule has 1 aromatic carbocycles. The van der Waals surface area contributed by atoms with Gasteiger partial charge < -0.3 is 5.73 Å². The minimum atomic E-state index is 0.540. The van der Waals surface area contributed by atoms with E-state index in [0.717, 1.165) is 5.92 Å². The third-order valence-corrected chi connectivity index (χ3v) is 4.21. The number of rotatable bonds is 3. The largest absolute Gasteiger partial charge is 0.327 e. The van der Waals surface area contributed by atoms with Crippen LogP contribution in [0.3, 0.4) is 0 Å². The van der Waals surface area contributed by atoms with Crippen LogP contribution < -0.4 is 5.73 Å². The molecular weight excluding hydrogens is 218 g/mol. The van der Waals surface area contributed by atoms with Gasteiger partial charge in [0.25, 0.3) is 0 Å². The van der Waals surface area contributed by atoms with Crippen LogP contribution >= 0.6 is 0 Å². The van der Waals surface area contributed by atoms with E-state index in [2.05, 4.69) is 44.2 Å². The van der Waals surface area contributed by atoms with Gasteiger partial charge in [-0.05, 0) is 48.1 Å². The molecule has 1 aliphatic carbocycles. The van der Waals surface area contributed by atoms with Crippen molar-refractivity contribution in [2.45, 2.75) is 45.4 Å². The van der Waals surface area contributed by atoms with Crippen molar-refractivity contribution in [2.75, 3.05) is 6.54 Å². The average molecular weight is 243 g/mol. The van der Waals surface area contributed by atoms with E-state index in [4.69, 9.17) is 5.73 Å². The Morgan fingerprint density at radius 1 is 1.22 bits per heavy atom. The summed E-state index contributed by atoms with van der Waals surface area (Å²) in [6.45, 7) is 5.40. The summed E-state index contributed by atoms with van der Waals surface area (Å²) in [4.78, 5) is 0. The summed E-state index contributed by atoms with van der Waals surface area (Å²) in [5.41, 5.74) is 8.96. The van der Waals surface area contributed by atoms with Crippen molar-refractivity contribution < 1.29 is 0 Å². The van der Waals surface area contributed by atoms with Crippen LogP contribution in [-0.2, 0) is 0 Å². The molecule has 18 heavy (non-hydrogen) atoms. The fraction of sp³-hybridized carbons (Fsp3) is 0.529. The SMILES string of the molecule is CC1(C)CCC(c2ccccc2/C=C/CN)CC1. The van der Waals surface area contributed by atoms with Crippen LogP contribution in [0.2, 0.25) is 0 Å². The Hall–Kier alpha value is -1.08. The molecule has 1 saturated carbocycles. The second-order valence-electron chi connectivity index (χ2n) is 6.21. The third kappa shape index (κ3) is 3.23. The van der Waals surface area contributed by atoms with E-state index in [-0.39, 0.29) is 0 Å². The highest BCUT2D eigenvalue weighted by atomic mass is 14.5. The third-order valence-electron chi connectivity index (χ3n) is 4.21. The van der Waals surface area contributed by atoms with Gasteiger partial charge >= 0.3 is 0 Å². The van der Waals surface area contributed by atoms with E-state index < -0.39 is 0 Å². The van der Waals surface area contributed by atoms with Gasteiger partial charge in [-0.3, -0.25) is 0 Å². The number of benzene rings is 1. The van der Waals surface area contributed by atoms with E-state index >= 15 is 0 Å². The fourth-order valence-corrected chi connectivity index (χ4v) is 2.94. The van der Waals surface area contributed by atoms with Gasteiger partial charge in [0.15, 0.2) is 0 Å². The van der Waals surface area contributed by atoms with Gasteiger partial charge in [0, 0.05) is 6.54 Å². The molecule has 0 radical (unpaired) electrons. The minimum absolute atomic E-state index is 0.540. The number of hydrogen-bond acceptors (Lipinski definition) is 1. The second-order valence-corrected chi connectivity index (χ2v) is 6.21. The van der Waals surface area contributed by atoms with Crippen LogP contribution in [0.4, 0.5) is 0 Å². The van der Waals surface area contributed by atoms with Gasteiger partial charge in [0.1, 0.15) is 0 Å². The molecule has 0 aromatic heterocycles. The molecule has 0 heterocycles. The van der Waals surface area contributed by atoms with Crippen molar-refractivity contribution in [3.05, 3.63) is 41.5 Å². The normalized spacial score (nSPS) is 20.4. The average Bonchev–Trinajstić information content (AvgIpc) is 2.37. The topological polar surface area (TPSA) is 26.0 Å². The van der Waals surface area contributed by atoms with Crippen molar-refractivity contribution in [2.24, 2.45) is 11.1 Å². The molecule has 0 bridgehead atoms. The van der Waals surface area contributed by atoms with E-state index in [1.807, 2.05) is 6.08 Å². The number of nitrogens with two attached hydrogens (primary N) is 1. The molecule has 98 valence electrons. The van der Waals surface area contributed by atoms with Crippen molar-refractivity contribution >= 4 is 6.08 Å². The van der Waals surface area contributed by atoms with Crippen LogP contribution in [0, 0.1) is 5.41 Å². The summed E-state index contributed by atoms with van der Waals surface area (Å²) >= 11 is 0. The molecule has 1 heteroatoms. The molecule has 0 unspecified atom stereocenters. The molecular formula is C17H25N.